The van der Waals surface area contributed by atoms with Crippen molar-refractivity contribution in [1.82, 2.24) is 4.90 Å². The standard InChI is InChI=1S/C14H20N2O2/c15-12-7-4-8-13(14(17)18)16(10-12)9-11-5-2-1-3-6-11/h1-3,5-6,12-13H,4,7-10,15H2,(H,17,18). The van der Waals surface area contributed by atoms with Gasteiger partial charge in [0.1, 0.15) is 6.04 Å². The van der Waals surface area contributed by atoms with Crippen molar-refractivity contribution in [2.45, 2.75) is 37.9 Å². The van der Waals surface area contributed by atoms with Crippen LogP contribution in [0.25, 0.3) is 0 Å². The summed E-state index contributed by atoms with van der Waals surface area (Å²) in [7, 11) is 0. The smallest absolute Gasteiger partial charge is 0.320 e. The largest absolute Gasteiger partial charge is 0.480 e. The van der Waals surface area contributed by atoms with E-state index in [1.54, 1.807) is 0 Å². The van der Waals surface area contributed by atoms with Gasteiger partial charge in [0.05, 0.1) is 0 Å². The van der Waals surface area contributed by atoms with Crippen molar-refractivity contribution in [3.8, 4) is 0 Å². The van der Waals surface area contributed by atoms with Crippen LogP contribution in [0, 0.1) is 0 Å². The van der Waals surface area contributed by atoms with Crippen molar-refractivity contribution in [1.29, 1.82) is 0 Å². The van der Waals surface area contributed by atoms with Gasteiger partial charge in [0.25, 0.3) is 0 Å². The molecule has 18 heavy (non-hydrogen) atoms. The molecule has 0 amide bonds. The molecule has 2 unspecified atom stereocenters. The van der Waals surface area contributed by atoms with Crippen LogP contribution in [0.2, 0.25) is 0 Å². The number of nitrogens with two attached hydrogens (primary N) is 1. The van der Waals surface area contributed by atoms with E-state index in [-0.39, 0.29) is 6.04 Å². The molecule has 0 aromatic heterocycles. The first kappa shape index (κ1) is 13.1. The van der Waals surface area contributed by atoms with Crippen molar-refractivity contribution in [3.63, 3.8) is 0 Å². The van der Waals surface area contributed by atoms with Gasteiger partial charge in [0.15, 0.2) is 0 Å². The molecule has 4 nitrogen and oxygen atoms in total. The minimum atomic E-state index is -0.736. The molecule has 98 valence electrons. The molecule has 1 saturated heterocycles. The van der Waals surface area contributed by atoms with Gasteiger partial charge in [-0.1, -0.05) is 30.3 Å². The van der Waals surface area contributed by atoms with Crippen LogP contribution in [0.15, 0.2) is 30.3 Å². The van der Waals surface area contributed by atoms with E-state index in [9.17, 15) is 9.90 Å². The van der Waals surface area contributed by atoms with Gasteiger partial charge in [-0.2, -0.15) is 0 Å². The minimum absolute atomic E-state index is 0.0815. The highest BCUT2D eigenvalue weighted by Crippen LogP contribution is 2.19. The van der Waals surface area contributed by atoms with Crippen LogP contribution >= 0.6 is 0 Å². The number of hydrogen-bond donors (Lipinski definition) is 2. The Kier molecular flexibility index (Phi) is 4.33. The maximum atomic E-state index is 11.3. The first-order chi connectivity index (χ1) is 8.66. The molecule has 1 aromatic rings. The number of hydrogen-bond acceptors (Lipinski definition) is 3. The van der Waals surface area contributed by atoms with Gasteiger partial charge in [-0.25, -0.2) is 0 Å². The van der Waals surface area contributed by atoms with E-state index < -0.39 is 12.0 Å². The maximum Gasteiger partial charge on any atom is 0.320 e. The molecule has 1 fully saturated rings. The molecule has 0 radical (unpaired) electrons. The Bertz CT molecular complexity index is 394. The number of nitrogens with zero attached hydrogens (tertiary/aromatic N) is 1. The van der Waals surface area contributed by atoms with Gasteiger partial charge >= 0.3 is 5.97 Å². The minimum Gasteiger partial charge on any atom is -0.480 e. The van der Waals surface area contributed by atoms with Gasteiger partial charge in [0, 0.05) is 19.1 Å². The Morgan fingerprint density at radius 2 is 2.06 bits per heavy atom. The first-order valence-corrected chi connectivity index (χ1v) is 6.43. The molecule has 0 saturated carbocycles. The molecule has 1 aliphatic heterocycles. The van der Waals surface area contributed by atoms with Gasteiger partial charge in [-0.3, -0.25) is 9.69 Å². The fourth-order valence-corrected chi connectivity index (χ4v) is 2.55. The molecule has 0 aliphatic carbocycles. The summed E-state index contributed by atoms with van der Waals surface area (Å²) in [6.45, 7) is 1.32. The summed E-state index contributed by atoms with van der Waals surface area (Å²) in [6, 6.07) is 9.64. The van der Waals surface area contributed by atoms with E-state index in [0.717, 1.165) is 18.4 Å². The summed E-state index contributed by atoms with van der Waals surface area (Å²) in [6.07, 6.45) is 2.49. The third kappa shape index (κ3) is 3.31. The lowest BCUT2D eigenvalue weighted by atomic mass is 10.1. The fourth-order valence-electron chi connectivity index (χ4n) is 2.55. The molecule has 1 aliphatic rings. The number of carboxylic acid groups (broad SMARTS) is 1. The third-order valence-corrected chi connectivity index (χ3v) is 3.48. The molecular formula is C14H20N2O2. The number of likely N-dealkylation sites (tertiary alicyclic amines) is 1. The van der Waals surface area contributed by atoms with Gasteiger partial charge in [0.2, 0.25) is 0 Å². The Labute approximate surface area is 107 Å². The van der Waals surface area contributed by atoms with Crippen molar-refractivity contribution < 1.29 is 9.90 Å². The highest BCUT2D eigenvalue weighted by Gasteiger charge is 2.29. The van der Waals surface area contributed by atoms with E-state index >= 15 is 0 Å². The summed E-state index contributed by atoms with van der Waals surface area (Å²) >= 11 is 0. The SMILES string of the molecule is NC1CCCC(C(=O)O)N(Cc2ccccc2)C1. The van der Waals surface area contributed by atoms with Gasteiger partial charge in [-0.05, 0) is 24.8 Å². The van der Waals surface area contributed by atoms with Gasteiger partial charge < -0.3 is 10.8 Å². The predicted molar refractivity (Wildman–Crippen MR) is 70.1 cm³/mol. The normalized spacial score (nSPS) is 25.6. The zero-order chi connectivity index (χ0) is 13.0. The molecule has 4 heteroatoms. The Hall–Kier alpha value is -1.39. The van der Waals surface area contributed by atoms with E-state index in [4.69, 9.17) is 5.73 Å². The Morgan fingerprint density at radius 1 is 1.33 bits per heavy atom. The highest BCUT2D eigenvalue weighted by molar-refractivity contribution is 5.73. The van der Waals surface area contributed by atoms with E-state index in [1.165, 1.54) is 0 Å². The zero-order valence-corrected chi connectivity index (χ0v) is 10.5. The number of benzene rings is 1. The lowest BCUT2D eigenvalue weighted by molar-refractivity contribution is -0.143. The van der Waals surface area contributed by atoms with E-state index in [2.05, 4.69) is 0 Å². The average Bonchev–Trinajstić information content (AvgIpc) is 2.52. The quantitative estimate of drug-likeness (QED) is 0.849. The maximum absolute atomic E-state index is 11.3. The second-order valence-electron chi connectivity index (χ2n) is 4.96. The summed E-state index contributed by atoms with van der Waals surface area (Å²) in [5, 5.41) is 9.32. The van der Waals surface area contributed by atoms with Crippen LogP contribution in [0.5, 0.6) is 0 Å². The van der Waals surface area contributed by atoms with E-state index in [1.807, 2.05) is 35.2 Å². The molecule has 0 bridgehead atoms. The summed E-state index contributed by atoms with van der Waals surface area (Å²) < 4.78 is 0. The molecule has 2 atom stereocenters. The Balaban J connectivity index is 2.12. The second-order valence-corrected chi connectivity index (χ2v) is 4.96. The molecule has 1 heterocycles. The third-order valence-electron chi connectivity index (χ3n) is 3.48. The topological polar surface area (TPSA) is 66.6 Å². The first-order valence-electron chi connectivity index (χ1n) is 6.43. The second kappa shape index (κ2) is 5.98. The van der Waals surface area contributed by atoms with Crippen LogP contribution < -0.4 is 5.73 Å². The number of aliphatic carboxylic acids is 1. The van der Waals surface area contributed by atoms with Crippen LogP contribution in [-0.4, -0.2) is 34.6 Å². The molecular weight excluding hydrogens is 228 g/mol. The lowest BCUT2D eigenvalue weighted by Crippen LogP contribution is -2.44. The molecule has 2 rings (SSSR count). The van der Waals surface area contributed by atoms with Gasteiger partial charge in [-0.15, -0.1) is 0 Å². The number of rotatable bonds is 3. The molecule has 3 N–H and O–H groups in total. The summed E-state index contributed by atoms with van der Waals surface area (Å²) in [4.78, 5) is 13.3. The average molecular weight is 248 g/mol. The van der Waals surface area contributed by atoms with Crippen molar-refractivity contribution in [3.05, 3.63) is 35.9 Å². The lowest BCUT2D eigenvalue weighted by Gasteiger charge is -2.28. The van der Waals surface area contributed by atoms with E-state index in [0.29, 0.717) is 19.5 Å². The highest BCUT2D eigenvalue weighted by atomic mass is 16.4. The molecule has 0 spiro atoms. The molecule has 1 aromatic carbocycles. The van der Waals surface area contributed by atoms with Crippen LogP contribution in [0.1, 0.15) is 24.8 Å². The monoisotopic (exact) mass is 248 g/mol. The summed E-state index contributed by atoms with van der Waals surface area (Å²) in [5.41, 5.74) is 7.14. The van der Waals surface area contributed by atoms with Crippen molar-refractivity contribution in [2.24, 2.45) is 5.73 Å². The summed E-state index contributed by atoms with van der Waals surface area (Å²) in [5.74, 6) is -0.736. The van der Waals surface area contributed by atoms with Crippen LogP contribution in [-0.2, 0) is 11.3 Å². The van der Waals surface area contributed by atoms with Crippen molar-refractivity contribution >= 4 is 5.97 Å². The zero-order valence-electron chi connectivity index (χ0n) is 10.5. The van der Waals surface area contributed by atoms with Crippen LogP contribution in [0.3, 0.4) is 0 Å². The predicted octanol–water partition coefficient (Wildman–Crippen LogP) is 1.45. The Morgan fingerprint density at radius 3 is 2.72 bits per heavy atom. The fraction of sp³-hybridized carbons (Fsp3) is 0.500. The number of carboxylic acids is 1. The van der Waals surface area contributed by atoms with Crippen LogP contribution in [0.4, 0.5) is 0 Å². The van der Waals surface area contributed by atoms with Crippen molar-refractivity contribution in [2.75, 3.05) is 6.54 Å². The number of carbonyl (C=O) groups is 1.